The first-order valence-corrected chi connectivity index (χ1v) is 17.1. The van der Waals surface area contributed by atoms with Gasteiger partial charge in [0.25, 0.3) is 16.6 Å². The first kappa shape index (κ1) is 29.1. The fourth-order valence-corrected chi connectivity index (χ4v) is 16.6. The standard InChI is InChI=1S/C27H52O3Si2/c1-18(2)28-25-15-26(29-31(19(3)4,20(5)6)21(7)8)17-27(16-25)30-32(22(9)10,23(11)12)24(13)14/h15-24H,1-14H3. The van der Waals surface area contributed by atoms with Gasteiger partial charge < -0.3 is 13.6 Å². The molecule has 0 fully saturated rings. The van der Waals surface area contributed by atoms with Crippen molar-refractivity contribution in [1.82, 2.24) is 0 Å². The van der Waals surface area contributed by atoms with Crippen LogP contribution in [0.3, 0.4) is 0 Å². The average molecular weight is 481 g/mol. The van der Waals surface area contributed by atoms with E-state index in [0.717, 1.165) is 17.2 Å². The molecule has 0 aromatic heterocycles. The summed E-state index contributed by atoms with van der Waals surface area (Å²) >= 11 is 0. The van der Waals surface area contributed by atoms with Gasteiger partial charge in [-0.25, -0.2) is 0 Å². The van der Waals surface area contributed by atoms with Gasteiger partial charge in [0, 0.05) is 18.2 Å². The molecule has 0 heterocycles. The number of benzene rings is 1. The van der Waals surface area contributed by atoms with Crippen LogP contribution >= 0.6 is 0 Å². The zero-order valence-electron chi connectivity index (χ0n) is 23.5. The molecule has 0 radical (unpaired) electrons. The molecule has 3 nitrogen and oxygen atoms in total. The van der Waals surface area contributed by atoms with Crippen molar-refractivity contribution in [3.8, 4) is 17.2 Å². The summed E-state index contributed by atoms with van der Waals surface area (Å²) in [5.41, 5.74) is 3.07. The molecule has 186 valence electrons. The van der Waals surface area contributed by atoms with Crippen LogP contribution in [0, 0.1) is 0 Å². The molecule has 32 heavy (non-hydrogen) atoms. The van der Waals surface area contributed by atoms with Crippen molar-refractivity contribution in [3.63, 3.8) is 0 Å². The summed E-state index contributed by atoms with van der Waals surface area (Å²) in [5.74, 6) is 2.64. The van der Waals surface area contributed by atoms with E-state index in [0.29, 0.717) is 33.2 Å². The molecular weight excluding hydrogens is 428 g/mol. The van der Waals surface area contributed by atoms with Gasteiger partial charge in [-0.05, 0) is 47.1 Å². The van der Waals surface area contributed by atoms with Crippen molar-refractivity contribution in [1.29, 1.82) is 0 Å². The van der Waals surface area contributed by atoms with E-state index in [2.05, 4.69) is 115 Å². The van der Waals surface area contributed by atoms with Gasteiger partial charge in [-0.3, -0.25) is 0 Å². The summed E-state index contributed by atoms with van der Waals surface area (Å²) in [6.45, 7) is 32.0. The molecule has 1 rings (SSSR count). The summed E-state index contributed by atoms with van der Waals surface area (Å²) in [5, 5.41) is 0. The summed E-state index contributed by atoms with van der Waals surface area (Å²) in [4.78, 5) is 0. The molecule has 0 saturated carbocycles. The Bertz CT molecular complexity index is 613. The SMILES string of the molecule is CC(C)Oc1cc(O[Si](C(C)C)(C(C)C)C(C)C)cc(O[Si](C(C)C)(C(C)C)C(C)C)c1. The minimum atomic E-state index is -2.08. The van der Waals surface area contributed by atoms with Crippen molar-refractivity contribution in [2.45, 2.75) is 136 Å². The maximum Gasteiger partial charge on any atom is 0.258 e. The van der Waals surface area contributed by atoms with Gasteiger partial charge in [0.2, 0.25) is 0 Å². The Hall–Kier alpha value is -0.946. The fraction of sp³-hybridized carbons (Fsp3) is 0.778. The minimum absolute atomic E-state index is 0.0997. The Morgan fingerprint density at radius 2 is 0.688 bits per heavy atom. The molecule has 0 aliphatic rings. The van der Waals surface area contributed by atoms with Crippen molar-refractivity contribution >= 4 is 16.6 Å². The lowest BCUT2D eigenvalue weighted by Gasteiger charge is -2.43. The third-order valence-corrected chi connectivity index (χ3v) is 19.2. The molecule has 5 heteroatoms. The fourth-order valence-electron chi connectivity index (χ4n) is 6.12. The summed E-state index contributed by atoms with van der Waals surface area (Å²) in [6.07, 6.45) is 0.0997. The third kappa shape index (κ3) is 6.13. The van der Waals surface area contributed by atoms with E-state index in [9.17, 15) is 0 Å². The molecule has 0 amide bonds. The Labute approximate surface area is 201 Å². The van der Waals surface area contributed by atoms with Crippen molar-refractivity contribution in [2.24, 2.45) is 0 Å². The Morgan fingerprint density at radius 1 is 0.438 bits per heavy atom. The van der Waals surface area contributed by atoms with Crippen LogP contribution in [-0.2, 0) is 0 Å². The molecular formula is C27H52O3Si2. The monoisotopic (exact) mass is 480 g/mol. The second-order valence-corrected chi connectivity index (χ2v) is 22.4. The number of hydrogen-bond donors (Lipinski definition) is 0. The smallest absolute Gasteiger partial charge is 0.258 e. The average Bonchev–Trinajstić information content (AvgIpc) is 2.61. The molecule has 0 atom stereocenters. The lowest BCUT2D eigenvalue weighted by Crippen LogP contribution is -2.51. The van der Waals surface area contributed by atoms with Crippen LogP contribution < -0.4 is 13.6 Å². The predicted octanol–water partition coefficient (Wildman–Crippen LogP) is 9.58. The minimum Gasteiger partial charge on any atom is -0.543 e. The molecule has 0 spiro atoms. The van der Waals surface area contributed by atoms with Crippen molar-refractivity contribution in [3.05, 3.63) is 18.2 Å². The molecule has 0 N–H and O–H groups in total. The van der Waals surface area contributed by atoms with Gasteiger partial charge in [0.05, 0.1) is 6.10 Å². The number of hydrogen-bond acceptors (Lipinski definition) is 3. The van der Waals surface area contributed by atoms with Crippen LogP contribution in [0.25, 0.3) is 0 Å². The van der Waals surface area contributed by atoms with Gasteiger partial charge in [0.1, 0.15) is 17.2 Å². The third-order valence-electron chi connectivity index (χ3n) is 7.23. The highest BCUT2D eigenvalue weighted by Gasteiger charge is 2.48. The second kappa shape index (κ2) is 11.5. The van der Waals surface area contributed by atoms with Gasteiger partial charge >= 0.3 is 0 Å². The molecule has 0 unspecified atom stereocenters. The maximum atomic E-state index is 7.04. The van der Waals surface area contributed by atoms with Crippen LogP contribution in [-0.4, -0.2) is 22.7 Å². The van der Waals surface area contributed by atoms with E-state index in [4.69, 9.17) is 13.6 Å². The van der Waals surface area contributed by atoms with Crippen LogP contribution in [0.5, 0.6) is 17.2 Å². The predicted molar refractivity (Wildman–Crippen MR) is 146 cm³/mol. The second-order valence-electron chi connectivity index (χ2n) is 11.6. The highest BCUT2D eigenvalue weighted by Crippen LogP contribution is 2.46. The summed E-state index contributed by atoms with van der Waals surface area (Å²) in [7, 11) is -4.16. The van der Waals surface area contributed by atoms with Gasteiger partial charge in [-0.15, -0.1) is 0 Å². The molecule has 0 aliphatic carbocycles. The quantitative estimate of drug-likeness (QED) is 0.279. The summed E-state index contributed by atoms with van der Waals surface area (Å²) < 4.78 is 20.2. The maximum absolute atomic E-state index is 7.04. The zero-order valence-corrected chi connectivity index (χ0v) is 25.5. The van der Waals surface area contributed by atoms with Crippen LogP contribution in [0.4, 0.5) is 0 Å². The summed E-state index contributed by atoms with van der Waals surface area (Å²) in [6, 6.07) is 6.28. The largest absolute Gasteiger partial charge is 0.543 e. The highest BCUT2D eigenvalue weighted by molar-refractivity contribution is 6.78. The molecule has 0 aliphatic heterocycles. The van der Waals surface area contributed by atoms with E-state index < -0.39 is 16.6 Å². The van der Waals surface area contributed by atoms with Crippen molar-refractivity contribution < 1.29 is 13.6 Å². The number of rotatable bonds is 12. The highest BCUT2D eigenvalue weighted by atomic mass is 28.4. The van der Waals surface area contributed by atoms with Crippen LogP contribution in [0.1, 0.15) is 96.9 Å². The Kier molecular flexibility index (Phi) is 10.4. The topological polar surface area (TPSA) is 27.7 Å². The van der Waals surface area contributed by atoms with E-state index in [1.165, 1.54) is 0 Å². The van der Waals surface area contributed by atoms with E-state index in [1.807, 2.05) is 0 Å². The lowest BCUT2D eigenvalue weighted by atomic mass is 10.3. The molecule has 1 aromatic carbocycles. The first-order chi connectivity index (χ1) is 14.6. The molecule has 1 aromatic rings. The number of ether oxygens (including phenoxy) is 1. The lowest BCUT2D eigenvalue weighted by molar-refractivity contribution is 0.241. The Balaban J connectivity index is 3.62. The van der Waals surface area contributed by atoms with E-state index in [1.54, 1.807) is 0 Å². The van der Waals surface area contributed by atoms with Crippen LogP contribution in [0.2, 0.25) is 33.2 Å². The first-order valence-electron chi connectivity index (χ1n) is 12.8. The zero-order chi connectivity index (χ0) is 25.0. The van der Waals surface area contributed by atoms with Gasteiger partial charge in [-0.2, -0.15) is 0 Å². The van der Waals surface area contributed by atoms with Crippen molar-refractivity contribution in [2.75, 3.05) is 0 Å². The van der Waals surface area contributed by atoms with Gasteiger partial charge in [-0.1, -0.05) is 83.1 Å². The molecule has 0 saturated heterocycles. The van der Waals surface area contributed by atoms with Gasteiger partial charge in [0.15, 0.2) is 0 Å². The molecule has 0 bridgehead atoms. The Morgan fingerprint density at radius 3 is 0.906 bits per heavy atom. The normalized spacial score (nSPS) is 13.4. The van der Waals surface area contributed by atoms with Crippen LogP contribution in [0.15, 0.2) is 18.2 Å². The van der Waals surface area contributed by atoms with E-state index in [-0.39, 0.29) is 6.10 Å². The van der Waals surface area contributed by atoms with E-state index >= 15 is 0 Å².